The average molecular weight is 250 g/mol. The molecular weight excluding hydrogens is 228 g/mol. The van der Waals surface area contributed by atoms with Crippen molar-refractivity contribution in [2.75, 3.05) is 6.61 Å². The van der Waals surface area contributed by atoms with Crippen LogP contribution in [0.4, 0.5) is 0 Å². The molecule has 1 aliphatic rings. The number of aliphatic hydroxyl groups excluding tert-OH is 1. The molecule has 18 heavy (non-hydrogen) atoms. The van der Waals surface area contributed by atoms with Crippen LogP contribution in [-0.4, -0.2) is 30.0 Å². The fourth-order valence-electron chi connectivity index (χ4n) is 2.42. The molecule has 0 bridgehead atoms. The first-order valence-corrected chi connectivity index (χ1v) is 6.62. The smallest absolute Gasteiger partial charge is 0.0888 e. The number of rotatable bonds is 5. The fourth-order valence-corrected chi connectivity index (χ4v) is 2.42. The molecule has 1 heterocycles. The van der Waals surface area contributed by atoms with E-state index in [2.05, 4.69) is 19.1 Å². The topological polar surface area (TPSA) is 38.7 Å². The molecule has 4 atom stereocenters. The summed E-state index contributed by atoms with van der Waals surface area (Å²) in [7, 11) is 0. The van der Waals surface area contributed by atoms with Crippen molar-refractivity contribution in [1.29, 1.82) is 0 Å². The minimum absolute atomic E-state index is 0.00807. The minimum Gasteiger partial charge on any atom is -0.396 e. The van der Waals surface area contributed by atoms with Crippen LogP contribution in [0.25, 0.3) is 0 Å². The van der Waals surface area contributed by atoms with Crippen LogP contribution in [0.2, 0.25) is 0 Å². The monoisotopic (exact) mass is 250 g/mol. The minimum atomic E-state index is 0.00807. The van der Waals surface area contributed by atoms with E-state index in [0.29, 0.717) is 6.61 Å². The third-order valence-electron chi connectivity index (χ3n) is 3.48. The first-order valence-electron chi connectivity index (χ1n) is 6.62. The van der Waals surface area contributed by atoms with E-state index in [1.807, 2.05) is 25.1 Å². The molecule has 1 N–H and O–H groups in total. The van der Waals surface area contributed by atoms with Crippen LogP contribution in [-0.2, 0) is 16.1 Å². The molecule has 0 aromatic heterocycles. The molecule has 1 fully saturated rings. The maximum Gasteiger partial charge on any atom is 0.0888 e. The van der Waals surface area contributed by atoms with Crippen molar-refractivity contribution in [3.05, 3.63) is 35.9 Å². The SMILES string of the molecule is C[C@H]1C[C@H](OCc2ccccc2)[C@@H]([C@@H](C)CO)O1. The molecule has 0 spiro atoms. The van der Waals surface area contributed by atoms with Gasteiger partial charge in [0.1, 0.15) is 0 Å². The molecule has 1 aliphatic heterocycles. The summed E-state index contributed by atoms with van der Waals surface area (Å²) < 4.78 is 11.8. The third kappa shape index (κ3) is 3.31. The van der Waals surface area contributed by atoms with Gasteiger partial charge in [0.25, 0.3) is 0 Å². The van der Waals surface area contributed by atoms with Gasteiger partial charge in [-0.2, -0.15) is 0 Å². The lowest BCUT2D eigenvalue weighted by Gasteiger charge is -2.23. The van der Waals surface area contributed by atoms with E-state index in [-0.39, 0.29) is 30.8 Å². The highest BCUT2D eigenvalue weighted by Crippen LogP contribution is 2.28. The summed E-state index contributed by atoms with van der Waals surface area (Å²) in [6, 6.07) is 10.1. The zero-order valence-electron chi connectivity index (χ0n) is 11.1. The Morgan fingerprint density at radius 3 is 2.78 bits per heavy atom. The molecule has 1 aromatic carbocycles. The fraction of sp³-hybridized carbons (Fsp3) is 0.600. The number of ether oxygens (including phenoxy) is 2. The molecule has 0 unspecified atom stereocenters. The Bertz CT molecular complexity index is 352. The number of hydrogen-bond acceptors (Lipinski definition) is 3. The van der Waals surface area contributed by atoms with E-state index >= 15 is 0 Å². The lowest BCUT2D eigenvalue weighted by molar-refractivity contribution is -0.0600. The standard InChI is InChI=1S/C15H22O3/c1-11(9-16)15-14(8-12(2)18-15)17-10-13-6-4-3-5-7-13/h3-7,11-12,14-16H,8-10H2,1-2H3/t11-,12-,14-,15+/m0/s1. The van der Waals surface area contributed by atoms with Crippen LogP contribution >= 0.6 is 0 Å². The number of benzene rings is 1. The van der Waals surface area contributed by atoms with Crippen molar-refractivity contribution in [3.63, 3.8) is 0 Å². The van der Waals surface area contributed by atoms with Crippen LogP contribution in [0.1, 0.15) is 25.8 Å². The normalized spacial score (nSPS) is 29.4. The van der Waals surface area contributed by atoms with Gasteiger partial charge in [0.15, 0.2) is 0 Å². The number of aliphatic hydroxyl groups is 1. The van der Waals surface area contributed by atoms with Crippen LogP contribution in [0.5, 0.6) is 0 Å². The van der Waals surface area contributed by atoms with E-state index < -0.39 is 0 Å². The highest BCUT2D eigenvalue weighted by atomic mass is 16.6. The first-order chi connectivity index (χ1) is 8.70. The summed E-state index contributed by atoms with van der Waals surface area (Å²) in [5.41, 5.74) is 1.17. The lowest BCUT2D eigenvalue weighted by atomic mass is 10.00. The van der Waals surface area contributed by atoms with Gasteiger partial charge in [-0.1, -0.05) is 37.3 Å². The van der Waals surface area contributed by atoms with Crippen molar-refractivity contribution >= 4 is 0 Å². The van der Waals surface area contributed by atoms with Crippen molar-refractivity contribution in [2.45, 2.75) is 45.2 Å². The highest BCUT2D eigenvalue weighted by molar-refractivity contribution is 5.13. The molecule has 3 heteroatoms. The molecular formula is C15H22O3. The van der Waals surface area contributed by atoms with E-state index in [4.69, 9.17) is 9.47 Å². The van der Waals surface area contributed by atoms with Gasteiger partial charge >= 0.3 is 0 Å². The van der Waals surface area contributed by atoms with Crippen molar-refractivity contribution in [2.24, 2.45) is 5.92 Å². The summed E-state index contributed by atoms with van der Waals surface area (Å²) in [4.78, 5) is 0. The second-order valence-electron chi connectivity index (χ2n) is 5.14. The van der Waals surface area contributed by atoms with Gasteiger partial charge in [0, 0.05) is 18.9 Å². The van der Waals surface area contributed by atoms with Crippen LogP contribution in [0.3, 0.4) is 0 Å². The van der Waals surface area contributed by atoms with Gasteiger partial charge in [-0.25, -0.2) is 0 Å². The lowest BCUT2D eigenvalue weighted by Crippen LogP contribution is -2.32. The Morgan fingerprint density at radius 1 is 1.39 bits per heavy atom. The Morgan fingerprint density at radius 2 is 2.11 bits per heavy atom. The average Bonchev–Trinajstić information content (AvgIpc) is 2.78. The summed E-state index contributed by atoms with van der Waals surface area (Å²) >= 11 is 0. The molecule has 100 valence electrons. The Kier molecular flexibility index (Phi) is 4.75. The quantitative estimate of drug-likeness (QED) is 0.872. The van der Waals surface area contributed by atoms with Crippen molar-refractivity contribution in [1.82, 2.24) is 0 Å². The van der Waals surface area contributed by atoms with Gasteiger partial charge in [-0.15, -0.1) is 0 Å². The summed E-state index contributed by atoms with van der Waals surface area (Å²) in [5.74, 6) is 0.121. The van der Waals surface area contributed by atoms with E-state index in [1.165, 1.54) is 5.56 Å². The van der Waals surface area contributed by atoms with Crippen molar-refractivity contribution in [3.8, 4) is 0 Å². The summed E-state index contributed by atoms with van der Waals surface area (Å²) in [6.45, 7) is 4.81. The molecule has 1 saturated heterocycles. The van der Waals surface area contributed by atoms with E-state index in [9.17, 15) is 5.11 Å². The molecule has 0 amide bonds. The predicted molar refractivity (Wildman–Crippen MR) is 70.2 cm³/mol. The van der Waals surface area contributed by atoms with Gasteiger partial charge in [0.2, 0.25) is 0 Å². The second kappa shape index (κ2) is 6.32. The van der Waals surface area contributed by atoms with E-state index in [1.54, 1.807) is 0 Å². The van der Waals surface area contributed by atoms with Crippen LogP contribution in [0.15, 0.2) is 30.3 Å². The zero-order chi connectivity index (χ0) is 13.0. The van der Waals surface area contributed by atoms with Gasteiger partial charge < -0.3 is 14.6 Å². The van der Waals surface area contributed by atoms with E-state index in [0.717, 1.165) is 6.42 Å². The molecule has 0 saturated carbocycles. The Hall–Kier alpha value is -0.900. The maximum atomic E-state index is 9.25. The van der Waals surface area contributed by atoms with Crippen molar-refractivity contribution < 1.29 is 14.6 Å². The first kappa shape index (κ1) is 13.5. The second-order valence-corrected chi connectivity index (χ2v) is 5.14. The largest absolute Gasteiger partial charge is 0.396 e. The highest BCUT2D eigenvalue weighted by Gasteiger charge is 2.36. The Balaban J connectivity index is 1.91. The molecule has 2 rings (SSSR count). The molecule has 1 aromatic rings. The van der Waals surface area contributed by atoms with Gasteiger partial charge in [0.05, 0.1) is 24.9 Å². The molecule has 0 radical (unpaired) electrons. The molecule has 0 aliphatic carbocycles. The van der Waals surface area contributed by atoms with Crippen LogP contribution in [0, 0.1) is 5.92 Å². The van der Waals surface area contributed by atoms with Gasteiger partial charge in [-0.3, -0.25) is 0 Å². The number of hydrogen-bond donors (Lipinski definition) is 1. The van der Waals surface area contributed by atoms with Gasteiger partial charge in [-0.05, 0) is 12.5 Å². The summed E-state index contributed by atoms with van der Waals surface area (Å²) in [6.07, 6.45) is 1.21. The predicted octanol–water partition coefficient (Wildman–Crippen LogP) is 2.38. The maximum absolute atomic E-state index is 9.25. The summed E-state index contributed by atoms with van der Waals surface area (Å²) in [5, 5.41) is 9.25. The Labute approximate surface area is 109 Å². The van der Waals surface area contributed by atoms with Crippen LogP contribution < -0.4 is 0 Å². The molecule has 3 nitrogen and oxygen atoms in total. The zero-order valence-corrected chi connectivity index (χ0v) is 11.1. The third-order valence-corrected chi connectivity index (χ3v) is 3.48.